The number of carbonyl (C=O) groups is 2. The number of ether oxygens (including phenoxy) is 2. The van der Waals surface area contributed by atoms with Crippen molar-refractivity contribution in [2.24, 2.45) is 5.92 Å². The summed E-state index contributed by atoms with van der Waals surface area (Å²) < 4.78 is 11.1. The molecule has 0 bridgehead atoms. The van der Waals surface area contributed by atoms with Crippen molar-refractivity contribution in [1.29, 1.82) is 0 Å². The number of hydrogen-bond donors (Lipinski definition) is 1. The van der Waals surface area contributed by atoms with Crippen LogP contribution in [0.15, 0.2) is 42.5 Å². The van der Waals surface area contributed by atoms with E-state index in [-0.39, 0.29) is 18.3 Å². The number of benzene rings is 2. The number of Topliss-reactive ketones (excluding diaryl/α,β-unsaturated/α-hetero) is 1. The number of anilines is 1. The van der Waals surface area contributed by atoms with E-state index in [2.05, 4.69) is 19.2 Å². The standard InChI is InChI=1S/C22H26ClNO4/c1-15(2)13-28-21-11-8-18(12-20(21)23)24-22(26)14-27-19-9-6-17(7-10-19)5-4-16(3)25/h6-12,15H,4-5,13-14H2,1-3H3,(H,24,26). The Morgan fingerprint density at radius 2 is 1.79 bits per heavy atom. The molecule has 1 N–H and O–H groups in total. The Labute approximate surface area is 171 Å². The summed E-state index contributed by atoms with van der Waals surface area (Å²) >= 11 is 6.20. The highest BCUT2D eigenvalue weighted by atomic mass is 35.5. The molecule has 0 aliphatic rings. The van der Waals surface area contributed by atoms with E-state index < -0.39 is 0 Å². The molecule has 0 aliphatic carbocycles. The van der Waals surface area contributed by atoms with Gasteiger partial charge in [-0.05, 0) is 55.2 Å². The molecular weight excluding hydrogens is 378 g/mol. The van der Waals surface area contributed by atoms with Gasteiger partial charge in [-0.1, -0.05) is 37.6 Å². The van der Waals surface area contributed by atoms with Gasteiger partial charge in [-0.2, -0.15) is 0 Å². The molecule has 150 valence electrons. The van der Waals surface area contributed by atoms with Crippen LogP contribution in [-0.4, -0.2) is 24.9 Å². The van der Waals surface area contributed by atoms with Crippen LogP contribution in [0.2, 0.25) is 5.02 Å². The van der Waals surface area contributed by atoms with E-state index in [0.29, 0.717) is 47.6 Å². The van der Waals surface area contributed by atoms with Gasteiger partial charge in [0.25, 0.3) is 5.91 Å². The summed E-state index contributed by atoms with van der Waals surface area (Å²) in [5.74, 6) is 1.46. The summed E-state index contributed by atoms with van der Waals surface area (Å²) in [6.07, 6.45) is 1.22. The summed E-state index contributed by atoms with van der Waals surface area (Å²) in [5, 5.41) is 3.19. The van der Waals surface area contributed by atoms with Gasteiger partial charge in [-0.3, -0.25) is 4.79 Å². The summed E-state index contributed by atoms with van der Waals surface area (Å²) in [5.41, 5.74) is 1.64. The number of nitrogens with one attached hydrogen (secondary N) is 1. The van der Waals surface area contributed by atoms with Gasteiger partial charge >= 0.3 is 0 Å². The Kier molecular flexibility index (Phi) is 8.33. The molecule has 0 spiro atoms. The predicted molar refractivity (Wildman–Crippen MR) is 111 cm³/mol. The monoisotopic (exact) mass is 403 g/mol. The zero-order valence-corrected chi connectivity index (χ0v) is 17.2. The minimum Gasteiger partial charge on any atom is -0.492 e. The van der Waals surface area contributed by atoms with E-state index >= 15 is 0 Å². The minimum absolute atomic E-state index is 0.115. The third kappa shape index (κ3) is 7.61. The van der Waals surface area contributed by atoms with Gasteiger partial charge in [0.05, 0.1) is 11.6 Å². The molecule has 0 unspecified atom stereocenters. The predicted octanol–water partition coefficient (Wildman–Crippen LogP) is 4.91. The quantitative estimate of drug-likeness (QED) is 0.611. The van der Waals surface area contributed by atoms with Gasteiger partial charge in [0.2, 0.25) is 0 Å². The highest BCUT2D eigenvalue weighted by molar-refractivity contribution is 6.32. The zero-order chi connectivity index (χ0) is 20.5. The second-order valence-electron chi connectivity index (χ2n) is 7.03. The Morgan fingerprint density at radius 3 is 2.39 bits per heavy atom. The zero-order valence-electron chi connectivity index (χ0n) is 16.5. The van der Waals surface area contributed by atoms with Crippen molar-refractivity contribution >= 4 is 29.0 Å². The third-order valence-corrected chi connectivity index (χ3v) is 4.14. The second-order valence-corrected chi connectivity index (χ2v) is 7.44. The first-order valence-corrected chi connectivity index (χ1v) is 9.64. The Balaban J connectivity index is 1.82. The molecule has 28 heavy (non-hydrogen) atoms. The number of amides is 1. The van der Waals surface area contributed by atoms with E-state index in [4.69, 9.17) is 21.1 Å². The van der Waals surface area contributed by atoms with Crippen LogP contribution in [0.1, 0.15) is 32.8 Å². The molecule has 0 saturated carbocycles. The van der Waals surface area contributed by atoms with Gasteiger partial charge in [0, 0.05) is 12.1 Å². The van der Waals surface area contributed by atoms with E-state index in [9.17, 15) is 9.59 Å². The first kappa shape index (κ1) is 21.8. The molecule has 1 amide bonds. The highest BCUT2D eigenvalue weighted by Gasteiger charge is 2.08. The van der Waals surface area contributed by atoms with Gasteiger partial charge in [-0.15, -0.1) is 0 Å². The molecule has 0 heterocycles. The lowest BCUT2D eigenvalue weighted by molar-refractivity contribution is -0.118. The van der Waals surface area contributed by atoms with Crippen LogP contribution in [0, 0.1) is 5.92 Å². The molecule has 2 aromatic rings. The molecule has 2 aromatic carbocycles. The van der Waals surface area contributed by atoms with Crippen molar-refractivity contribution in [3.8, 4) is 11.5 Å². The average Bonchev–Trinajstić information content (AvgIpc) is 2.64. The van der Waals surface area contributed by atoms with Crippen molar-refractivity contribution in [2.75, 3.05) is 18.5 Å². The number of halogens is 1. The van der Waals surface area contributed by atoms with E-state index in [1.165, 1.54) is 0 Å². The topological polar surface area (TPSA) is 64.6 Å². The van der Waals surface area contributed by atoms with Crippen molar-refractivity contribution in [3.05, 3.63) is 53.1 Å². The third-order valence-electron chi connectivity index (χ3n) is 3.85. The Morgan fingerprint density at radius 1 is 1.07 bits per heavy atom. The van der Waals surface area contributed by atoms with Crippen LogP contribution in [0.4, 0.5) is 5.69 Å². The Hall–Kier alpha value is -2.53. The molecule has 2 rings (SSSR count). The van der Waals surface area contributed by atoms with Crippen LogP contribution < -0.4 is 14.8 Å². The molecule has 0 aliphatic heterocycles. The molecule has 5 nitrogen and oxygen atoms in total. The lowest BCUT2D eigenvalue weighted by atomic mass is 10.1. The number of ketones is 1. The van der Waals surface area contributed by atoms with Crippen LogP contribution >= 0.6 is 11.6 Å². The van der Waals surface area contributed by atoms with E-state index in [1.807, 2.05) is 12.1 Å². The van der Waals surface area contributed by atoms with Crippen molar-refractivity contribution in [1.82, 2.24) is 0 Å². The molecule has 6 heteroatoms. The number of rotatable bonds is 10. The van der Waals surface area contributed by atoms with Crippen LogP contribution in [0.3, 0.4) is 0 Å². The molecular formula is C22H26ClNO4. The molecule has 0 fully saturated rings. The lowest BCUT2D eigenvalue weighted by Gasteiger charge is -2.12. The number of aryl methyl sites for hydroxylation is 1. The van der Waals surface area contributed by atoms with Crippen molar-refractivity contribution in [2.45, 2.75) is 33.6 Å². The fourth-order valence-electron chi connectivity index (χ4n) is 2.37. The van der Waals surface area contributed by atoms with Gasteiger partial charge in [-0.25, -0.2) is 0 Å². The summed E-state index contributed by atoms with van der Waals surface area (Å²) in [7, 11) is 0. The van der Waals surface area contributed by atoms with Crippen molar-refractivity contribution < 1.29 is 19.1 Å². The molecule has 0 saturated heterocycles. The fraction of sp³-hybridized carbons (Fsp3) is 0.364. The minimum atomic E-state index is -0.285. The molecule has 0 aromatic heterocycles. The average molecular weight is 404 g/mol. The SMILES string of the molecule is CC(=O)CCc1ccc(OCC(=O)Nc2ccc(OCC(C)C)c(Cl)c2)cc1. The van der Waals surface area contributed by atoms with E-state index in [0.717, 1.165) is 5.56 Å². The highest BCUT2D eigenvalue weighted by Crippen LogP contribution is 2.28. The maximum atomic E-state index is 12.1. The number of carbonyl (C=O) groups excluding carboxylic acids is 2. The van der Waals surface area contributed by atoms with Crippen LogP contribution in [0.5, 0.6) is 11.5 Å². The second kappa shape index (κ2) is 10.7. The van der Waals surface area contributed by atoms with Crippen LogP contribution in [0.25, 0.3) is 0 Å². The number of hydrogen-bond acceptors (Lipinski definition) is 4. The van der Waals surface area contributed by atoms with Gasteiger partial charge in [0.15, 0.2) is 6.61 Å². The van der Waals surface area contributed by atoms with Gasteiger partial charge < -0.3 is 19.6 Å². The molecule has 0 radical (unpaired) electrons. The fourth-order valence-corrected chi connectivity index (χ4v) is 2.61. The van der Waals surface area contributed by atoms with Gasteiger partial charge in [0.1, 0.15) is 17.3 Å². The summed E-state index contributed by atoms with van der Waals surface area (Å²) in [4.78, 5) is 23.1. The maximum absolute atomic E-state index is 12.1. The largest absolute Gasteiger partial charge is 0.492 e. The van der Waals surface area contributed by atoms with Crippen LogP contribution in [-0.2, 0) is 16.0 Å². The first-order valence-electron chi connectivity index (χ1n) is 9.27. The Bertz CT molecular complexity index is 803. The normalized spacial score (nSPS) is 10.6. The first-order chi connectivity index (χ1) is 13.3. The van der Waals surface area contributed by atoms with Crippen molar-refractivity contribution in [3.63, 3.8) is 0 Å². The van der Waals surface area contributed by atoms with E-state index in [1.54, 1.807) is 37.3 Å². The smallest absolute Gasteiger partial charge is 0.262 e. The summed E-state index contributed by atoms with van der Waals surface area (Å²) in [6.45, 7) is 6.16. The summed E-state index contributed by atoms with van der Waals surface area (Å²) in [6, 6.07) is 12.5. The lowest BCUT2D eigenvalue weighted by Crippen LogP contribution is -2.20. The molecule has 0 atom stereocenters. The maximum Gasteiger partial charge on any atom is 0.262 e.